The number of hydrogen-bond acceptors (Lipinski definition) is 8. The number of nitrogens with zero attached hydrogens (tertiary/aromatic N) is 6. The molecule has 0 aromatic rings. The van der Waals surface area contributed by atoms with Crippen LogP contribution in [-0.4, -0.2) is 39.8 Å². The van der Waals surface area contributed by atoms with Crippen LogP contribution in [0.25, 0.3) is 0 Å². The van der Waals surface area contributed by atoms with E-state index >= 15 is 0 Å². The van der Waals surface area contributed by atoms with Crippen molar-refractivity contribution in [1.29, 1.82) is 10.5 Å². The van der Waals surface area contributed by atoms with E-state index in [1.807, 2.05) is 0 Å². The highest BCUT2D eigenvalue weighted by Gasteiger charge is 2.58. The van der Waals surface area contributed by atoms with Gasteiger partial charge in [-0.2, -0.15) is 15.6 Å². The third-order valence-corrected chi connectivity index (χ3v) is 2.01. The topological polar surface area (TPSA) is 137 Å². The van der Waals surface area contributed by atoms with Crippen molar-refractivity contribution in [3.63, 3.8) is 0 Å². The third kappa shape index (κ3) is 1.06. The zero-order valence-electron chi connectivity index (χ0n) is 7.28. The number of azo groups is 1. The van der Waals surface area contributed by atoms with Gasteiger partial charge in [-0.25, -0.2) is 9.98 Å². The average Bonchev–Trinajstić information content (AvgIpc) is 2.70. The fraction of sp³-hybridized carbons (Fsp3) is 0.429. The molecule has 2 aliphatic heterocycles. The van der Waals surface area contributed by atoms with Gasteiger partial charge in [-0.05, 0) is 0 Å². The van der Waals surface area contributed by atoms with Gasteiger partial charge in [-0.3, -0.25) is 0 Å². The molecule has 74 valence electrons. The molecule has 1 spiro atoms. The van der Waals surface area contributed by atoms with Crippen molar-refractivity contribution >= 4 is 11.4 Å². The highest BCUT2D eigenvalue weighted by molar-refractivity contribution is 6.54. The van der Waals surface area contributed by atoms with Crippen molar-refractivity contribution < 1.29 is 10.2 Å². The maximum absolute atomic E-state index is 9.51. The summed E-state index contributed by atoms with van der Waals surface area (Å²) in [5.41, 5.74) is -0.545. The molecule has 8 heteroatoms. The fourth-order valence-corrected chi connectivity index (χ4v) is 1.24. The summed E-state index contributed by atoms with van der Waals surface area (Å²) in [6.45, 7) is -0.391. The summed E-state index contributed by atoms with van der Waals surface area (Å²) in [5, 5.41) is 43.1. The summed E-state index contributed by atoms with van der Waals surface area (Å²) in [6, 6.07) is 3.25. The standard InChI is InChI=1S/C7H4N6O2/c8-1-4-5(2-9)12-7(11-4)6(14,15)3-10-13-7/h14-15H,3H2. The molecule has 0 fully saturated rings. The lowest BCUT2D eigenvalue weighted by Crippen LogP contribution is -2.48. The van der Waals surface area contributed by atoms with E-state index in [9.17, 15) is 10.2 Å². The molecule has 2 rings (SSSR count). The van der Waals surface area contributed by atoms with E-state index in [4.69, 9.17) is 10.5 Å². The van der Waals surface area contributed by atoms with Crippen molar-refractivity contribution in [2.75, 3.05) is 6.54 Å². The van der Waals surface area contributed by atoms with Gasteiger partial charge in [0.1, 0.15) is 18.7 Å². The van der Waals surface area contributed by atoms with Crippen LogP contribution >= 0.6 is 0 Å². The first-order valence-corrected chi connectivity index (χ1v) is 3.88. The fourth-order valence-electron chi connectivity index (χ4n) is 1.24. The van der Waals surface area contributed by atoms with Gasteiger partial charge in [0.05, 0.1) is 0 Å². The van der Waals surface area contributed by atoms with Crippen LogP contribution in [0.1, 0.15) is 0 Å². The number of aliphatic imine (C=N–C) groups is 2. The molecule has 0 amide bonds. The molecule has 0 bridgehead atoms. The molecule has 0 radical (unpaired) electrons. The van der Waals surface area contributed by atoms with Gasteiger partial charge in [0.25, 0.3) is 5.79 Å². The van der Waals surface area contributed by atoms with Crippen LogP contribution in [0.2, 0.25) is 0 Å². The van der Waals surface area contributed by atoms with Crippen molar-refractivity contribution in [2.45, 2.75) is 11.6 Å². The van der Waals surface area contributed by atoms with Gasteiger partial charge in [0.2, 0.25) is 0 Å². The van der Waals surface area contributed by atoms with Crippen LogP contribution in [0.3, 0.4) is 0 Å². The molecule has 0 aliphatic carbocycles. The molecule has 0 unspecified atom stereocenters. The molecule has 2 heterocycles. The van der Waals surface area contributed by atoms with Crippen molar-refractivity contribution in [2.24, 2.45) is 20.2 Å². The van der Waals surface area contributed by atoms with Crippen LogP contribution in [0, 0.1) is 22.7 Å². The molecule has 0 aromatic carbocycles. The Morgan fingerprint density at radius 1 is 1.13 bits per heavy atom. The maximum atomic E-state index is 9.51. The number of rotatable bonds is 0. The number of aliphatic hydroxyl groups is 2. The average molecular weight is 204 g/mol. The van der Waals surface area contributed by atoms with Gasteiger partial charge in [0.15, 0.2) is 11.4 Å². The van der Waals surface area contributed by atoms with Crippen LogP contribution in [-0.2, 0) is 0 Å². The summed E-state index contributed by atoms with van der Waals surface area (Å²) >= 11 is 0. The molecular weight excluding hydrogens is 200 g/mol. The van der Waals surface area contributed by atoms with E-state index in [-0.39, 0.29) is 11.4 Å². The summed E-state index contributed by atoms with van der Waals surface area (Å²) < 4.78 is 0. The second-order valence-electron chi connectivity index (χ2n) is 3.00. The van der Waals surface area contributed by atoms with Crippen molar-refractivity contribution in [1.82, 2.24) is 0 Å². The van der Waals surface area contributed by atoms with Crippen LogP contribution < -0.4 is 0 Å². The van der Waals surface area contributed by atoms with E-state index < -0.39 is 18.1 Å². The van der Waals surface area contributed by atoms with Crippen LogP contribution in [0.5, 0.6) is 0 Å². The lowest BCUT2D eigenvalue weighted by molar-refractivity contribution is -0.183. The molecule has 0 atom stereocenters. The summed E-state index contributed by atoms with van der Waals surface area (Å²) in [5.74, 6) is -4.35. The molecule has 8 nitrogen and oxygen atoms in total. The first-order chi connectivity index (χ1) is 7.04. The van der Waals surface area contributed by atoms with E-state index in [1.165, 1.54) is 0 Å². The van der Waals surface area contributed by atoms with Crippen molar-refractivity contribution in [3.05, 3.63) is 0 Å². The van der Waals surface area contributed by atoms with E-state index in [1.54, 1.807) is 12.1 Å². The van der Waals surface area contributed by atoms with Gasteiger partial charge >= 0.3 is 5.79 Å². The zero-order valence-corrected chi connectivity index (χ0v) is 7.28. The lowest BCUT2D eigenvalue weighted by Gasteiger charge is -2.23. The van der Waals surface area contributed by atoms with E-state index in [0.717, 1.165) is 0 Å². The minimum absolute atomic E-state index is 0.272. The predicted molar refractivity (Wildman–Crippen MR) is 45.7 cm³/mol. The summed E-state index contributed by atoms with van der Waals surface area (Å²) in [6.07, 6.45) is 0. The Hall–Kier alpha value is -2.16. The Morgan fingerprint density at radius 2 is 1.67 bits per heavy atom. The minimum Gasteiger partial charge on any atom is -0.359 e. The van der Waals surface area contributed by atoms with Gasteiger partial charge in [-0.15, -0.1) is 5.11 Å². The Labute approximate surface area is 83.5 Å². The van der Waals surface area contributed by atoms with E-state index in [0.29, 0.717) is 0 Å². The van der Waals surface area contributed by atoms with E-state index in [2.05, 4.69) is 20.2 Å². The van der Waals surface area contributed by atoms with Crippen molar-refractivity contribution in [3.8, 4) is 12.1 Å². The smallest absolute Gasteiger partial charge is 0.322 e. The maximum Gasteiger partial charge on any atom is 0.322 e. The van der Waals surface area contributed by atoms with Crippen LogP contribution in [0.15, 0.2) is 20.2 Å². The van der Waals surface area contributed by atoms with Gasteiger partial charge < -0.3 is 10.2 Å². The monoisotopic (exact) mass is 204 g/mol. The Bertz CT molecular complexity index is 459. The predicted octanol–water partition coefficient (Wildman–Crippen LogP) is -1.27. The highest BCUT2D eigenvalue weighted by Crippen LogP contribution is 2.36. The largest absolute Gasteiger partial charge is 0.359 e. The Balaban J connectivity index is 2.57. The first kappa shape index (κ1) is 9.40. The molecule has 0 saturated carbocycles. The quantitative estimate of drug-likeness (QED) is 0.475. The zero-order chi connectivity index (χ0) is 11.1. The SMILES string of the molecule is N#CC1=NC2(N=NCC2(O)O)N=C1C#N. The Kier molecular flexibility index (Phi) is 1.67. The Morgan fingerprint density at radius 3 is 2.00 bits per heavy atom. The number of nitriles is 2. The second kappa shape index (κ2) is 2.67. The first-order valence-electron chi connectivity index (χ1n) is 3.88. The third-order valence-electron chi connectivity index (χ3n) is 2.01. The molecule has 0 aromatic heterocycles. The molecular formula is C7H4N6O2. The minimum atomic E-state index is -2.38. The second-order valence-corrected chi connectivity index (χ2v) is 3.00. The highest BCUT2D eigenvalue weighted by atomic mass is 16.5. The summed E-state index contributed by atoms with van der Waals surface area (Å²) in [7, 11) is 0. The molecule has 2 N–H and O–H groups in total. The van der Waals surface area contributed by atoms with Gasteiger partial charge in [-0.1, -0.05) is 0 Å². The molecule has 15 heavy (non-hydrogen) atoms. The molecule has 2 aliphatic rings. The van der Waals surface area contributed by atoms with Gasteiger partial charge in [0, 0.05) is 0 Å². The summed E-state index contributed by atoms with van der Waals surface area (Å²) in [4.78, 5) is 7.22. The van der Waals surface area contributed by atoms with Crippen LogP contribution in [0.4, 0.5) is 0 Å². The lowest BCUT2D eigenvalue weighted by atomic mass is 10.1. The molecule has 0 saturated heterocycles. The number of hydrogen-bond donors (Lipinski definition) is 2. The normalized spacial score (nSPS) is 24.5.